The molecular weight excluding hydrogens is 420 g/mol. The van der Waals surface area contributed by atoms with Gasteiger partial charge in [0.1, 0.15) is 5.75 Å². The van der Waals surface area contributed by atoms with Gasteiger partial charge in [-0.25, -0.2) is 8.42 Å². The molecule has 0 spiro atoms. The minimum atomic E-state index is -3.80. The van der Waals surface area contributed by atoms with Gasteiger partial charge in [0.2, 0.25) is 15.9 Å². The Hall–Kier alpha value is -1.90. The summed E-state index contributed by atoms with van der Waals surface area (Å²) in [7, 11) is -2.28. The minimum Gasteiger partial charge on any atom is -0.496 e. The molecule has 1 fully saturated rings. The molecule has 0 radical (unpaired) electrons. The van der Waals surface area contributed by atoms with Crippen LogP contribution in [0.3, 0.4) is 0 Å². The highest BCUT2D eigenvalue weighted by Crippen LogP contribution is 2.34. The van der Waals surface area contributed by atoms with E-state index in [1.165, 1.54) is 23.5 Å². The summed E-state index contributed by atoms with van der Waals surface area (Å²) in [6, 6.07) is 13.3. The van der Waals surface area contributed by atoms with Gasteiger partial charge in [-0.1, -0.05) is 30.3 Å². The van der Waals surface area contributed by atoms with Crippen molar-refractivity contribution in [2.24, 2.45) is 0 Å². The van der Waals surface area contributed by atoms with Crippen LogP contribution in [-0.2, 0) is 14.8 Å². The zero-order valence-corrected chi connectivity index (χ0v) is 16.6. The van der Waals surface area contributed by atoms with Crippen LogP contribution >= 0.6 is 15.9 Å². The van der Waals surface area contributed by atoms with E-state index in [0.29, 0.717) is 10.2 Å². The Labute approximate surface area is 161 Å². The summed E-state index contributed by atoms with van der Waals surface area (Å²) in [4.78, 5) is 12.2. The quantitative estimate of drug-likeness (QED) is 0.795. The molecule has 8 heteroatoms. The molecule has 0 unspecified atom stereocenters. The molecule has 0 bridgehead atoms. The number of rotatable bonds is 4. The van der Waals surface area contributed by atoms with E-state index in [0.717, 1.165) is 5.56 Å². The van der Waals surface area contributed by atoms with Gasteiger partial charge in [-0.05, 0) is 39.7 Å². The molecule has 2 aromatic carbocycles. The van der Waals surface area contributed by atoms with Crippen molar-refractivity contribution in [3.8, 4) is 5.75 Å². The standard InChI is InChI=1S/C18H19BrN2O4S/c1-25-17-8-7-14(11-15(17)19)26(23,24)21-10-9-20-18(22)12-16(21)13-5-3-2-4-6-13/h2-8,11,16H,9-10,12H2,1H3,(H,20,22)/t16-/m0/s1. The number of amides is 1. The number of nitrogens with one attached hydrogen (secondary N) is 1. The van der Waals surface area contributed by atoms with E-state index in [2.05, 4.69) is 21.2 Å². The monoisotopic (exact) mass is 438 g/mol. The second-order valence-corrected chi connectivity index (χ2v) is 8.64. The first-order valence-corrected chi connectivity index (χ1v) is 10.3. The van der Waals surface area contributed by atoms with Crippen molar-refractivity contribution >= 4 is 31.9 Å². The molecule has 1 aliphatic heterocycles. The van der Waals surface area contributed by atoms with Gasteiger partial charge in [0.05, 0.1) is 22.5 Å². The van der Waals surface area contributed by atoms with Crippen LogP contribution in [0.1, 0.15) is 18.0 Å². The van der Waals surface area contributed by atoms with Crippen molar-refractivity contribution in [2.75, 3.05) is 20.2 Å². The van der Waals surface area contributed by atoms with E-state index in [9.17, 15) is 13.2 Å². The van der Waals surface area contributed by atoms with Crippen molar-refractivity contribution in [1.29, 1.82) is 0 Å². The molecule has 0 saturated carbocycles. The van der Waals surface area contributed by atoms with E-state index in [1.807, 2.05) is 30.3 Å². The van der Waals surface area contributed by atoms with Crippen molar-refractivity contribution in [3.63, 3.8) is 0 Å². The first-order valence-electron chi connectivity index (χ1n) is 8.10. The molecule has 1 amide bonds. The van der Waals surface area contributed by atoms with Crippen LogP contribution in [-0.4, -0.2) is 38.8 Å². The second kappa shape index (κ2) is 7.77. The summed E-state index contributed by atoms with van der Waals surface area (Å²) in [6.07, 6.45) is 0.0839. The van der Waals surface area contributed by atoms with Gasteiger partial charge in [-0.2, -0.15) is 4.31 Å². The number of carbonyl (C=O) groups is 1. The fourth-order valence-corrected chi connectivity index (χ4v) is 5.33. The molecule has 1 heterocycles. The van der Waals surface area contributed by atoms with Crippen LogP contribution in [0.25, 0.3) is 0 Å². The maximum absolute atomic E-state index is 13.3. The molecule has 6 nitrogen and oxygen atoms in total. The summed E-state index contributed by atoms with van der Waals surface area (Å²) in [5.41, 5.74) is 0.792. The number of hydrogen-bond donors (Lipinski definition) is 1. The van der Waals surface area contributed by atoms with Crippen LogP contribution in [0, 0.1) is 0 Å². The first kappa shape index (κ1) is 18.9. The van der Waals surface area contributed by atoms with E-state index < -0.39 is 16.1 Å². The zero-order valence-electron chi connectivity index (χ0n) is 14.2. The summed E-state index contributed by atoms with van der Waals surface area (Å²) in [6.45, 7) is 0.482. The minimum absolute atomic E-state index is 0.0839. The average molecular weight is 439 g/mol. The van der Waals surface area contributed by atoms with Crippen molar-refractivity contribution in [3.05, 3.63) is 58.6 Å². The Morgan fingerprint density at radius 1 is 1.19 bits per heavy atom. The maximum Gasteiger partial charge on any atom is 0.243 e. The fraction of sp³-hybridized carbons (Fsp3) is 0.278. The number of sulfonamides is 1. The van der Waals surface area contributed by atoms with Gasteiger partial charge in [0.15, 0.2) is 0 Å². The number of ether oxygens (including phenoxy) is 1. The smallest absolute Gasteiger partial charge is 0.243 e. The lowest BCUT2D eigenvalue weighted by Crippen LogP contribution is -2.36. The molecule has 1 atom stereocenters. The maximum atomic E-state index is 13.3. The van der Waals surface area contributed by atoms with E-state index >= 15 is 0 Å². The van der Waals surface area contributed by atoms with Crippen molar-refractivity contribution in [2.45, 2.75) is 17.4 Å². The Kier molecular flexibility index (Phi) is 5.64. The number of hydrogen-bond acceptors (Lipinski definition) is 4. The molecule has 1 aliphatic rings. The third-order valence-electron chi connectivity index (χ3n) is 4.29. The summed E-state index contributed by atoms with van der Waals surface area (Å²) in [5, 5.41) is 2.75. The first-order chi connectivity index (χ1) is 12.4. The van der Waals surface area contributed by atoms with Crippen LogP contribution in [0.5, 0.6) is 5.75 Å². The summed E-state index contributed by atoms with van der Waals surface area (Å²) in [5.74, 6) is 0.392. The molecule has 26 heavy (non-hydrogen) atoms. The van der Waals surface area contributed by atoms with Gasteiger partial charge in [0.25, 0.3) is 0 Å². The van der Waals surface area contributed by atoms with Gasteiger partial charge < -0.3 is 10.1 Å². The lowest BCUT2D eigenvalue weighted by Gasteiger charge is -2.28. The summed E-state index contributed by atoms with van der Waals surface area (Å²) < 4.78 is 33.7. The van der Waals surface area contributed by atoms with E-state index in [4.69, 9.17) is 4.74 Å². The van der Waals surface area contributed by atoms with Gasteiger partial charge >= 0.3 is 0 Å². The Morgan fingerprint density at radius 2 is 1.92 bits per heavy atom. The third kappa shape index (κ3) is 3.77. The molecule has 0 aromatic heterocycles. The van der Waals surface area contributed by atoms with Crippen molar-refractivity contribution < 1.29 is 17.9 Å². The van der Waals surface area contributed by atoms with Gasteiger partial charge in [-0.15, -0.1) is 0 Å². The molecule has 138 valence electrons. The average Bonchev–Trinajstić information content (AvgIpc) is 2.84. The highest BCUT2D eigenvalue weighted by molar-refractivity contribution is 9.10. The number of benzene rings is 2. The predicted octanol–water partition coefficient (Wildman–Crippen LogP) is 2.71. The largest absolute Gasteiger partial charge is 0.496 e. The van der Waals surface area contributed by atoms with Gasteiger partial charge in [0, 0.05) is 19.5 Å². The Balaban J connectivity index is 2.05. The van der Waals surface area contributed by atoms with E-state index in [-0.39, 0.29) is 30.3 Å². The van der Waals surface area contributed by atoms with E-state index in [1.54, 1.807) is 6.07 Å². The SMILES string of the molecule is COc1ccc(S(=O)(=O)N2CCNC(=O)C[C@H]2c2ccccc2)cc1Br. The molecule has 0 aliphatic carbocycles. The second-order valence-electron chi connectivity index (χ2n) is 5.89. The number of nitrogens with zero attached hydrogens (tertiary/aromatic N) is 1. The Morgan fingerprint density at radius 3 is 2.58 bits per heavy atom. The highest BCUT2D eigenvalue weighted by Gasteiger charge is 2.35. The van der Waals surface area contributed by atoms with Crippen molar-refractivity contribution in [1.82, 2.24) is 9.62 Å². The zero-order chi connectivity index (χ0) is 18.7. The third-order valence-corrected chi connectivity index (χ3v) is 6.82. The molecular formula is C18H19BrN2O4S. The molecule has 1 N–H and O–H groups in total. The predicted molar refractivity (Wildman–Crippen MR) is 101 cm³/mol. The molecule has 2 aromatic rings. The Bertz CT molecular complexity index is 903. The lowest BCUT2D eigenvalue weighted by atomic mass is 10.0. The van der Waals surface area contributed by atoms with Crippen LogP contribution in [0.2, 0.25) is 0 Å². The van der Waals surface area contributed by atoms with Crippen LogP contribution in [0.4, 0.5) is 0 Å². The number of halogens is 1. The summed E-state index contributed by atoms with van der Waals surface area (Å²) >= 11 is 3.33. The number of carbonyl (C=O) groups excluding carboxylic acids is 1. The lowest BCUT2D eigenvalue weighted by molar-refractivity contribution is -0.121. The normalized spacial score (nSPS) is 18.8. The van der Waals surface area contributed by atoms with Crippen LogP contribution < -0.4 is 10.1 Å². The highest BCUT2D eigenvalue weighted by atomic mass is 79.9. The van der Waals surface area contributed by atoms with Gasteiger partial charge in [-0.3, -0.25) is 4.79 Å². The molecule has 1 saturated heterocycles. The topological polar surface area (TPSA) is 75.7 Å². The fourth-order valence-electron chi connectivity index (χ4n) is 3.00. The molecule has 3 rings (SSSR count). The number of methoxy groups -OCH3 is 1. The van der Waals surface area contributed by atoms with Crippen LogP contribution in [0.15, 0.2) is 57.9 Å².